The zero-order chi connectivity index (χ0) is 14.5. The fourth-order valence-corrected chi connectivity index (χ4v) is 1.61. The molecule has 0 aliphatic rings. The van der Waals surface area contributed by atoms with Gasteiger partial charge in [-0.3, -0.25) is 14.7 Å². The van der Waals surface area contributed by atoms with Crippen molar-refractivity contribution in [3.8, 4) is 0 Å². The summed E-state index contributed by atoms with van der Waals surface area (Å²) in [4.78, 5) is 12.6. The number of hydrogen-bond acceptors (Lipinski definition) is 6. The molecule has 0 saturated carbocycles. The molecule has 21 heavy (non-hydrogen) atoms. The standard InChI is InChI=1S/C8H9N5O5S.Na.H2O/c9-12-11-6-1-2-7(8(5-6)13(14)15)10-3-4-19(16,17)18;;/h1-2,5,10H,3-4H2,(H,16,17,18);;1H2. The Morgan fingerprint density at radius 1 is 1.48 bits per heavy atom. The minimum Gasteiger partial charge on any atom is -0.412 e. The molecule has 1 radical (unpaired) electrons. The van der Waals surface area contributed by atoms with E-state index in [4.69, 9.17) is 10.1 Å². The van der Waals surface area contributed by atoms with Crippen LogP contribution in [0.3, 0.4) is 0 Å². The fraction of sp³-hybridized carbons (Fsp3) is 0.250. The molecule has 0 fully saturated rings. The number of nitrogens with zero attached hydrogens (tertiary/aromatic N) is 4. The molecule has 0 spiro atoms. The molecule has 111 valence electrons. The number of anilines is 1. The van der Waals surface area contributed by atoms with Crippen molar-refractivity contribution in [2.24, 2.45) is 5.11 Å². The van der Waals surface area contributed by atoms with Crippen molar-refractivity contribution < 1.29 is 23.4 Å². The van der Waals surface area contributed by atoms with E-state index >= 15 is 0 Å². The first-order chi connectivity index (χ1) is 8.83. The Morgan fingerprint density at radius 3 is 2.57 bits per heavy atom. The molecule has 0 aromatic heterocycles. The van der Waals surface area contributed by atoms with Crippen LogP contribution in [0.1, 0.15) is 0 Å². The zero-order valence-electron chi connectivity index (χ0n) is 10.9. The number of nitro benzene ring substituents is 1. The molecule has 0 bridgehead atoms. The predicted octanol–water partition coefficient (Wildman–Crippen LogP) is 0.631. The van der Waals surface area contributed by atoms with Gasteiger partial charge in [-0.1, -0.05) is 11.2 Å². The van der Waals surface area contributed by atoms with Gasteiger partial charge in [0, 0.05) is 52.8 Å². The first kappa shape index (κ1) is 21.9. The third kappa shape index (κ3) is 7.82. The minimum atomic E-state index is -4.14. The molecule has 0 aliphatic carbocycles. The third-order valence-electron chi connectivity index (χ3n) is 2.01. The van der Waals surface area contributed by atoms with Crippen LogP contribution in [-0.2, 0) is 10.1 Å². The summed E-state index contributed by atoms with van der Waals surface area (Å²) in [5, 5.41) is 16.5. The van der Waals surface area contributed by atoms with Crippen LogP contribution >= 0.6 is 0 Å². The molecule has 0 atom stereocenters. The molecular formula is C8H11N5NaO6S. The number of nitro groups is 1. The molecule has 0 unspecified atom stereocenters. The number of azide groups is 1. The molecule has 1 aromatic rings. The van der Waals surface area contributed by atoms with Gasteiger partial charge in [0.2, 0.25) is 0 Å². The van der Waals surface area contributed by atoms with E-state index in [1.54, 1.807) is 0 Å². The van der Waals surface area contributed by atoms with Gasteiger partial charge in [-0.05, 0) is 11.6 Å². The van der Waals surface area contributed by atoms with Crippen molar-refractivity contribution in [3.63, 3.8) is 0 Å². The first-order valence-corrected chi connectivity index (χ1v) is 6.47. The monoisotopic (exact) mass is 328 g/mol. The molecule has 4 N–H and O–H groups in total. The van der Waals surface area contributed by atoms with Gasteiger partial charge in [-0.15, -0.1) is 0 Å². The van der Waals surface area contributed by atoms with E-state index in [9.17, 15) is 18.5 Å². The van der Waals surface area contributed by atoms with E-state index < -0.39 is 20.8 Å². The Balaban J connectivity index is 0. The predicted molar refractivity (Wildman–Crippen MR) is 76.2 cm³/mol. The second-order valence-electron chi connectivity index (χ2n) is 3.36. The average molecular weight is 328 g/mol. The summed E-state index contributed by atoms with van der Waals surface area (Å²) in [6.45, 7) is -0.194. The van der Waals surface area contributed by atoms with E-state index in [1.807, 2.05) is 0 Å². The largest absolute Gasteiger partial charge is 0.412 e. The number of hydrogen-bond donors (Lipinski definition) is 2. The second kappa shape index (κ2) is 9.52. The quantitative estimate of drug-likeness (QED) is 0.146. The maximum Gasteiger partial charge on any atom is 0.292 e. The Hall–Kier alpha value is -1.40. The molecule has 0 heterocycles. The maximum absolute atomic E-state index is 10.8. The molecule has 13 heteroatoms. The van der Waals surface area contributed by atoms with E-state index in [-0.39, 0.29) is 58.6 Å². The summed E-state index contributed by atoms with van der Waals surface area (Å²) in [5.41, 5.74) is 7.99. The Morgan fingerprint density at radius 2 is 2.10 bits per heavy atom. The van der Waals surface area contributed by atoms with Gasteiger partial charge in [0.25, 0.3) is 15.8 Å². The van der Waals surface area contributed by atoms with Crippen LogP contribution < -0.4 is 5.32 Å². The molecule has 0 amide bonds. The summed E-state index contributed by atoms with van der Waals surface area (Å²) in [6, 6.07) is 3.67. The molecular weight excluding hydrogens is 317 g/mol. The Bertz CT molecular complexity index is 645. The number of rotatable bonds is 6. The summed E-state index contributed by atoms with van der Waals surface area (Å²) in [6.07, 6.45) is 0. The first-order valence-electron chi connectivity index (χ1n) is 4.86. The van der Waals surface area contributed by atoms with E-state index in [1.165, 1.54) is 12.1 Å². The third-order valence-corrected chi connectivity index (χ3v) is 2.73. The number of benzene rings is 1. The van der Waals surface area contributed by atoms with Crippen molar-refractivity contribution in [1.29, 1.82) is 0 Å². The molecule has 0 aliphatic heterocycles. The molecule has 0 saturated heterocycles. The van der Waals surface area contributed by atoms with Crippen molar-refractivity contribution in [2.75, 3.05) is 17.6 Å². The smallest absolute Gasteiger partial charge is 0.292 e. The van der Waals surface area contributed by atoms with Crippen LogP contribution in [0.15, 0.2) is 23.3 Å². The molecule has 11 nitrogen and oxygen atoms in total. The maximum atomic E-state index is 10.8. The van der Waals surface area contributed by atoms with Gasteiger partial charge in [0.05, 0.1) is 10.7 Å². The summed E-state index contributed by atoms with van der Waals surface area (Å²) < 4.78 is 29.5. The van der Waals surface area contributed by atoms with Crippen molar-refractivity contribution >= 4 is 56.7 Å². The fourth-order valence-electron chi connectivity index (χ4n) is 1.25. The van der Waals surface area contributed by atoms with Crippen molar-refractivity contribution in [1.82, 2.24) is 0 Å². The van der Waals surface area contributed by atoms with Gasteiger partial charge < -0.3 is 10.8 Å². The molecule has 1 rings (SSSR count). The van der Waals surface area contributed by atoms with Gasteiger partial charge >= 0.3 is 0 Å². The van der Waals surface area contributed by atoms with E-state index in [0.29, 0.717) is 0 Å². The zero-order valence-corrected chi connectivity index (χ0v) is 13.7. The van der Waals surface area contributed by atoms with Gasteiger partial charge in [-0.2, -0.15) is 8.42 Å². The van der Waals surface area contributed by atoms with Crippen LogP contribution in [0.5, 0.6) is 0 Å². The van der Waals surface area contributed by atoms with Crippen LogP contribution in [0.25, 0.3) is 10.4 Å². The average Bonchev–Trinajstić information content (AvgIpc) is 2.29. The Labute approximate surface area is 141 Å². The SMILES string of the molecule is O.[N-]=[N+]=Nc1ccc(NCCS(=O)(=O)O)c([N+](=O)[O-])c1.[Na]. The number of nitrogens with one attached hydrogen (secondary N) is 1. The summed E-state index contributed by atoms with van der Waals surface area (Å²) in [5.74, 6) is -0.581. The van der Waals surface area contributed by atoms with Gasteiger partial charge in [0.1, 0.15) is 5.69 Å². The Kier molecular flexibility index (Phi) is 9.92. The second-order valence-corrected chi connectivity index (χ2v) is 4.93. The van der Waals surface area contributed by atoms with Crippen molar-refractivity contribution in [3.05, 3.63) is 38.8 Å². The van der Waals surface area contributed by atoms with Gasteiger partial charge in [-0.25, -0.2) is 0 Å². The van der Waals surface area contributed by atoms with Gasteiger partial charge in [0.15, 0.2) is 0 Å². The molecule has 1 aromatic carbocycles. The van der Waals surface area contributed by atoms with E-state index in [2.05, 4.69) is 15.3 Å². The van der Waals surface area contributed by atoms with Crippen LogP contribution in [0, 0.1) is 10.1 Å². The van der Waals surface area contributed by atoms with E-state index in [0.717, 1.165) is 6.07 Å². The van der Waals surface area contributed by atoms with Crippen LogP contribution in [-0.4, -0.2) is 65.2 Å². The van der Waals surface area contributed by atoms with Crippen LogP contribution in [0.2, 0.25) is 0 Å². The summed E-state index contributed by atoms with van der Waals surface area (Å²) >= 11 is 0. The topological polar surface area (TPSA) is 190 Å². The minimum absolute atomic E-state index is 0. The normalized spacial score (nSPS) is 9.57. The summed E-state index contributed by atoms with van der Waals surface area (Å²) in [7, 11) is -4.14. The van der Waals surface area contributed by atoms with Crippen LogP contribution in [0.4, 0.5) is 17.1 Å². The van der Waals surface area contributed by atoms with Crippen molar-refractivity contribution in [2.45, 2.75) is 0 Å².